The van der Waals surface area contributed by atoms with E-state index in [-0.39, 0.29) is 24.3 Å². The summed E-state index contributed by atoms with van der Waals surface area (Å²) >= 11 is 0. The SMILES string of the molecule is CC1CCCCC12NC(=O)N(CC(=O)N1CCC(CN)C1)C2=O. The van der Waals surface area contributed by atoms with Crippen LogP contribution in [-0.4, -0.2) is 59.4 Å². The molecule has 1 spiro atoms. The first-order valence-corrected chi connectivity index (χ1v) is 8.60. The monoisotopic (exact) mass is 322 g/mol. The number of rotatable bonds is 3. The summed E-state index contributed by atoms with van der Waals surface area (Å²) in [5.41, 5.74) is 4.85. The number of hydrogen-bond donors (Lipinski definition) is 2. The van der Waals surface area contributed by atoms with Crippen molar-refractivity contribution in [2.75, 3.05) is 26.2 Å². The van der Waals surface area contributed by atoms with Gasteiger partial charge in [0.05, 0.1) is 0 Å². The molecule has 4 amide bonds. The molecule has 3 fully saturated rings. The molecule has 0 bridgehead atoms. The van der Waals surface area contributed by atoms with Gasteiger partial charge in [-0.15, -0.1) is 0 Å². The number of nitrogens with zero attached hydrogens (tertiary/aromatic N) is 2. The van der Waals surface area contributed by atoms with Crippen LogP contribution in [0, 0.1) is 11.8 Å². The first kappa shape index (κ1) is 16.2. The lowest BCUT2D eigenvalue weighted by molar-refractivity contribution is -0.140. The highest BCUT2D eigenvalue weighted by Gasteiger charge is 2.55. The van der Waals surface area contributed by atoms with Crippen LogP contribution in [0.5, 0.6) is 0 Å². The van der Waals surface area contributed by atoms with Crippen LogP contribution >= 0.6 is 0 Å². The molecule has 0 aromatic heterocycles. The van der Waals surface area contributed by atoms with Gasteiger partial charge in [0.25, 0.3) is 5.91 Å². The summed E-state index contributed by atoms with van der Waals surface area (Å²) in [6.45, 7) is 3.70. The zero-order valence-electron chi connectivity index (χ0n) is 13.7. The molecular formula is C16H26N4O3. The molecule has 3 unspecified atom stereocenters. The van der Waals surface area contributed by atoms with Gasteiger partial charge < -0.3 is 16.0 Å². The molecule has 7 heteroatoms. The van der Waals surface area contributed by atoms with Crippen molar-refractivity contribution in [3.05, 3.63) is 0 Å². The van der Waals surface area contributed by atoms with Gasteiger partial charge in [-0.3, -0.25) is 14.5 Å². The van der Waals surface area contributed by atoms with Crippen molar-refractivity contribution in [2.24, 2.45) is 17.6 Å². The van der Waals surface area contributed by atoms with E-state index in [1.54, 1.807) is 4.90 Å². The first-order chi connectivity index (χ1) is 11.0. The molecule has 1 aliphatic carbocycles. The Morgan fingerprint density at radius 2 is 2.13 bits per heavy atom. The van der Waals surface area contributed by atoms with Gasteiger partial charge in [-0.1, -0.05) is 19.8 Å². The minimum atomic E-state index is -0.791. The standard InChI is InChI=1S/C16H26N4O3/c1-11-4-2-3-6-16(11)14(22)20(15(23)18-16)10-13(21)19-7-5-12(8-17)9-19/h11-12H,2-10,17H2,1H3,(H,18,23). The Kier molecular flexibility index (Phi) is 4.31. The Labute approximate surface area is 136 Å². The van der Waals surface area contributed by atoms with Crippen LogP contribution in [-0.2, 0) is 9.59 Å². The van der Waals surface area contributed by atoms with Gasteiger partial charge in [0.2, 0.25) is 5.91 Å². The number of nitrogens with two attached hydrogens (primary N) is 1. The van der Waals surface area contributed by atoms with Crippen molar-refractivity contribution >= 4 is 17.8 Å². The van der Waals surface area contributed by atoms with E-state index in [0.29, 0.717) is 32.0 Å². The van der Waals surface area contributed by atoms with Crippen LogP contribution in [0.3, 0.4) is 0 Å². The van der Waals surface area contributed by atoms with E-state index in [0.717, 1.165) is 30.6 Å². The minimum Gasteiger partial charge on any atom is -0.341 e. The maximum atomic E-state index is 12.8. The molecule has 0 aromatic carbocycles. The average molecular weight is 322 g/mol. The third kappa shape index (κ3) is 2.71. The normalized spacial score (nSPS) is 34.3. The van der Waals surface area contributed by atoms with E-state index < -0.39 is 11.6 Å². The maximum Gasteiger partial charge on any atom is 0.325 e. The fourth-order valence-corrected chi connectivity index (χ4v) is 4.13. The van der Waals surface area contributed by atoms with Gasteiger partial charge >= 0.3 is 6.03 Å². The summed E-state index contributed by atoms with van der Waals surface area (Å²) in [6.07, 6.45) is 4.51. The summed E-state index contributed by atoms with van der Waals surface area (Å²) < 4.78 is 0. The first-order valence-electron chi connectivity index (χ1n) is 8.60. The molecule has 7 nitrogen and oxygen atoms in total. The number of imide groups is 1. The number of urea groups is 1. The van der Waals surface area contributed by atoms with Gasteiger partial charge in [-0.2, -0.15) is 0 Å². The Hall–Kier alpha value is -1.63. The Morgan fingerprint density at radius 1 is 1.35 bits per heavy atom. The highest BCUT2D eigenvalue weighted by atomic mass is 16.2. The zero-order valence-corrected chi connectivity index (χ0v) is 13.7. The molecule has 3 rings (SSSR count). The number of carbonyl (C=O) groups is 3. The highest BCUT2D eigenvalue weighted by Crippen LogP contribution is 2.38. The number of hydrogen-bond acceptors (Lipinski definition) is 4. The van der Waals surface area contributed by atoms with E-state index in [1.807, 2.05) is 6.92 Å². The molecule has 128 valence electrons. The predicted molar refractivity (Wildman–Crippen MR) is 84.3 cm³/mol. The maximum absolute atomic E-state index is 12.8. The van der Waals surface area contributed by atoms with E-state index in [1.165, 1.54) is 0 Å². The molecule has 0 aromatic rings. The van der Waals surface area contributed by atoms with Crippen LogP contribution in [0.1, 0.15) is 39.0 Å². The lowest BCUT2D eigenvalue weighted by Crippen LogP contribution is -2.54. The van der Waals surface area contributed by atoms with Crippen LogP contribution in [0.4, 0.5) is 4.79 Å². The molecule has 0 radical (unpaired) electrons. The summed E-state index contributed by atoms with van der Waals surface area (Å²) in [6, 6.07) is -0.424. The van der Waals surface area contributed by atoms with Gasteiger partial charge in [-0.25, -0.2) is 4.79 Å². The quantitative estimate of drug-likeness (QED) is 0.730. The second-order valence-corrected chi connectivity index (χ2v) is 7.17. The van der Waals surface area contributed by atoms with Crippen molar-refractivity contribution in [3.63, 3.8) is 0 Å². The molecule has 3 aliphatic rings. The fourth-order valence-electron chi connectivity index (χ4n) is 4.13. The molecule has 2 saturated heterocycles. The molecule has 3 atom stereocenters. The lowest BCUT2D eigenvalue weighted by atomic mass is 9.73. The largest absolute Gasteiger partial charge is 0.341 e. The van der Waals surface area contributed by atoms with E-state index in [2.05, 4.69) is 5.32 Å². The lowest BCUT2D eigenvalue weighted by Gasteiger charge is -2.36. The van der Waals surface area contributed by atoms with Crippen LogP contribution in [0.15, 0.2) is 0 Å². The third-order valence-corrected chi connectivity index (χ3v) is 5.77. The predicted octanol–water partition coefficient (Wildman–Crippen LogP) is 0.294. The van der Waals surface area contributed by atoms with Gasteiger partial charge in [-0.05, 0) is 37.6 Å². The van der Waals surface area contributed by atoms with Crippen LogP contribution in [0.25, 0.3) is 0 Å². The molecular weight excluding hydrogens is 296 g/mol. The Bertz CT molecular complexity index is 523. The molecule has 23 heavy (non-hydrogen) atoms. The second-order valence-electron chi connectivity index (χ2n) is 7.17. The van der Waals surface area contributed by atoms with Gasteiger partial charge in [0, 0.05) is 13.1 Å². The van der Waals surface area contributed by atoms with Crippen LogP contribution < -0.4 is 11.1 Å². The molecule has 2 heterocycles. The number of nitrogens with one attached hydrogen (secondary N) is 1. The minimum absolute atomic E-state index is 0.112. The summed E-state index contributed by atoms with van der Waals surface area (Å²) in [4.78, 5) is 40.3. The molecule has 3 N–H and O–H groups in total. The summed E-state index contributed by atoms with van der Waals surface area (Å²) in [5, 5.41) is 2.88. The third-order valence-electron chi connectivity index (χ3n) is 5.77. The highest BCUT2D eigenvalue weighted by molar-refractivity contribution is 6.09. The van der Waals surface area contributed by atoms with Crippen molar-refractivity contribution in [1.82, 2.24) is 15.1 Å². The summed E-state index contributed by atoms with van der Waals surface area (Å²) in [7, 11) is 0. The van der Waals surface area contributed by atoms with Crippen LogP contribution in [0.2, 0.25) is 0 Å². The van der Waals surface area contributed by atoms with E-state index >= 15 is 0 Å². The van der Waals surface area contributed by atoms with Crippen molar-refractivity contribution in [1.29, 1.82) is 0 Å². The van der Waals surface area contributed by atoms with Crippen molar-refractivity contribution in [3.8, 4) is 0 Å². The van der Waals surface area contributed by atoms with Crippen molar-refractivity contribution < 1.29 is 14.4 Å². The Balaban J connectivity index is 1.67. The smallest absolute Gasteiger partial charge is 0.325 e. The summed E-state index contributed by atoms with van der Waals surface area (Å²) in [5.74, 6) is 0.0514. The number of carbonyl (C=O) groups excluding carboxylic acids is 3. The van der Waals surface area contributed by atoms with E-state index in [4.69, 9.17) is 5.73 Å². The number of amides is 4. The van der Waals surface area contributed by atoms with E-state index in [9.17, 15) is 14.4 Å². The van der Waals surface area contributed by atoms with Gasteiger partial charge in [0.1, 0.15) is 12.1 Å². The number of likely N-dealkylation sites (tertiary alicyclic amines) is 1. The molecule has 1 saturated carbocycles. The zero-order chi connectivity index (χ0) is 16.6. The van der Waals surface area contributed by atoms with Gasteiger partial charge in [0.15, 0.2) is 0 Å². The Morgan fingerprint density at radius 3 is 2.78 bits per heavy atom. The average Bonchev–Trinajstić information content (AvgIpc) is 3.10. The topological polar surface area (TPSA) is 95.7 Å². The fraction of sp³-hybridized carbons (Fsp3) is 0.812. The molecule has 2 aliphatic heterocycles. The van der Waals surface area contributed by atoms with Crippen molar-refractivity contribution in [2.45, 2.75) is 44.6 Å². The second kappa shape index (κ2) is 6.11.